The number of nitrogens with two attached hydrogens (primary N) is 1. The molecular weight excluding hydrogens is 228 g/mol. The molecule has 0 spiro atoms. The molecule has 5 heteroatoms. The summed E-state index contributed by atoms with van der Waals surface area (Å²) in [5.41, 5.74) is 5.68. The maximum absolute atomic E-state index is 5.68. The zero-order valence-corrected chi connectivity index (χ0v) is 11.4. The minimum absolute atomic E-state index is 0.0379. The van der Waals surface area contributed by atoms with Gasteiger partial charge in [-0.25, -0.2) is 0 Å². The van der Waals surface area contributed by atoms with Crippen LogP contribution in [0.1, 0.15) is 49.8 Å². The molecule has 1 fully saturated rings. The van der Waals surface area contributed by atoms with Gasteiger partial charge in [-0.2, -0.15) is 0 Å². The van der Waals surface area contributed by atoms with Crippen molar-refractivity contribution in [1.29, 1.82) is 0 Å². The molecule has 0 aliphatic heterocycles. The molecule has 1 aliphatic rings. The Morgan fingerprint density at radius 1 is 1.33 bits per heavy atom. The van der Waals surface area contributed by atoms with E-state index in [0.717, 1.165) is 18.1 Å². The SMILES string of the molecule is COC(CN)Cc1nnc(C)n1C1CCCCC1. The maximum Gasteiger partial charge on any atom is 0.135 e. The second kappa shape index (κ2) is 6.29. The summed E-state index contributed by atoms with van der Waals surface area (Å²) < 4.78 is 7.66. The van der Waals surface area contributed by atoms with Gasteiger partial charge in [0, 0.05) is 26.1 Å². The van der Waals surface area contributed by atoms with Gasteiger partial charge < -0.3 is 15.0 Å². The Bertz CT molecular complexity index is 367. The number of methoxy groups -OCH3 is 1. The lowest BCUT2D eigenvalue weighted by molar-refractivity contribution is 0.106. The van der Waals surface area contributed by atoms with Crippen molar-refractivity contribution in [1.82, 2.24) is 14.8 Å². The molecule has 1 heterocycles. The van der Waals surface area contributed by atoms with Gasteiger partial charge in [-0.15, -0.1) is 10.2 Å². The Labute approximate surface area is 109 Å². The monoisotopic (exact) mass is 252 g/mol. The molecule has 2 rings (SSSR count). The molecule has 0 radical (unpaired) electrons. The summed E-state index contributed by atoms with van der Waals surface area (Å²) in [6.07, 6.45) is 7.26. The van der Waals surface area contributed by atoms with Crippen LogP contribution in [0.5, 0.6) is 0 Å². The highest BCUT2D eigenvalue weighted by Gasteiger charge is 2.22. The Morgan fingerprint density at radius 3 is 2.67 bits per heavy atom. The third-order valence-electron chi connectivity index (χ3n) is 3.88. The van der Waals surface area contributed by atoms with E-state index < -0.39 is 0 Å². The van der Waals surface area contributed by atoms with Gasteiger partial charge in [-0.05, 0) is 19.8 Å². The van der Waals surface area contributed by atoms with Gasteiger partial charge in [0.1, 0.15) is 11.6 Å². The van der Waals surface area contributed by atoms with Gasteiger partial charge in [0.2, 0.25) is 0 Å². The molecule has 102 valence electrons. The van der Waals surface area contributed by atoms with Crippen LogP contribution in [0.2, 0.25) is 0 Å². The van der Waals surface area contributed by atoms with Crippen molar-refractivity contribution in [3.05, 3.63) is 11.6 Å². The Hall–Kier alpha value is -0.940. The van der Waals surface area contributed by atoms with Crippen LogP contribution in [0.3, 0.4) is 0 Å². The van der Waals surface area contributed by atoms with Crippen LogP contribution in [0, 0.1) is 6.92 Å². The van der Waals surface area contributed by atoms with Gasteiger partial charge >= 0.3 is 0 Å². The largest absolute Gasteiger partial charge is 0.380 e. The highest BCUT2D eigenvalue weighted by molar-refractivity contribution is 4.99. The summed E-state index contributed by atoms with van der Waals surface area (Å²) in [4.78, 5) is 0. The first kappa shape index (κ1) is 13.5. The number of nitrogens with zero attached hydrogens (tertiary/aromatic N) is 3. The average Bonchev–Trinajstić information content (AvgIpc) is 2.78. The Kier molecular flexibility index (Phi) is 4.72. The van der Waals surface area contributed by atoms with E-state index in [4.69, 9.17) is 10.5 Å². The summed E-state index contributed by atoms with van der Waals surface area (Å²) >= 11 is 0. The fourth-order valence-corrected chi connectivity index (χ4v) is 2.83. The van der Waals surface area contributed by atoms with Crippen LogP contribution >= 0.6 is 0 Å². The standard InChI is InChI=1S/C13H24N4O/c1-10-15-16-13(8-12(9-14)18-2)17(10)11-6-4-3-5-7-11/h11-12H,3-9,14H2,1-2H3. The molecule has 0 saturated heterocycles. The van der Waals surface area contributed by atoms with Crippen molar-refractivity contribution in [2.75, 3.05) is 13.7 Å². The lowest BCUT2D eigenvalue weighted by atomic mass is 9.95. The highest BCUT2D eigenvalue weighted by Crippen LogP contribution is 2.30. The minimum atomic E-state index is 0.0379. The number of aryl methyl sites for hydroxylation is 1. The van der Waals surface area contributed by atoms with Gasteiger partial charge in [0.05, 0.1) is 6.10 Å². The summed E-state index contributed by atoms with van der Waals surface area (Å²) in [7, 11) is 1.70. The van der Waals surface area contributed by atoms with Crippen LogP contribution < -0.4 is 5.73 Å². The third-order valence-corrected chi connectivity index (χ3v) is 3.88. The van der Waals surface area contributed by atoms with Crippen LogP contribution in [-0.4, -0.2) is 34.5 Å². The Balaban J connectivity index is 2.15. The van der Waals surface area contributed by atoms with Gasteiger partial charge in [0.15, 0.2) is 0 Å². The van der Waals surface area contributed by atoms with E-state index in [2.05, 4.69) is 14.8 Å². The first-order valence-corrected chi connectivity index (χ1v) is 6.89. The van der Waals surface area contributed by atoms with Crippen molar-refractivity contribution in [2.24, 2.45) is 5.73 Å². The van der Waals surface area contributed by atoms with Crippen molar-refractivity contribution in [3.63, 3.8) is 0 Å². The second-order valence-corrected chi connectivity index (χ2v) is 5.12. The number of hydrogen-bond donors (Lipinski definition) is 1. The van der Waals surface area contributed by atoms with Gasteiger partial charge in [-0.3, -0.25) is 0 Å². The predicted octanol–water partition coefficient (Wildman–Crippen LogP) is 1.61. The maximum atomic E-state index is 5.68. The second-order valence-electron chi connectivity index (χ2n) is 5.12. The van der Waals surface area contributed by atoms with Crippen molar-refractivity contribution >= 4 is 0 Å². The molecule has 0 bridgehead atoms. The summed E-state index contributed by atoms with van der Waals surface area (Å²) in [5, 5.41) is 8.53. The van der Waals surface area contributed by atoms with E-state index in [9.17, 15) is 0 Å². The summed E-state index contributed by atoms with van der Waals surface area (Å²) in [6, 6.07) is 0.569. The number of hydrogen-bond acceptors (Lipinski definition) is 4. The number of rotatable bonds is 5. The van der Waals surface area contributed by atoms with Crippen molar-refractivity contribution < 1.29 is 4.74 Å². The molecule has 1 aromatic heterocycles. The third kappa shape index (κ3) is 2.90. The molecule has 0 aromatic carbocycles. The van der Waals surface area contributed by atoms with Gasteiger partial charge in [-0.1, -0.05) is 19.3 Å². The van der Waals surface area contributed by atoms with E-state index in [1.165, 1.54) is 32.1 Å². The topological polar surface area (TPSA) is 66.0 Å². The van der Waals surface area contributed by atoms with E-state index in [1.807, 2.05) is 6.92 Å². The van der Waals surface area contributed by atoms with E-state index in [-0.39, 0.29) is 6.10 Å². The zero-order chi connectivity index (χ0) is 13.0. The molecule has 0 amide bonds. The molecule has 18 heavy (non-hydrogen) atoms. The fourth-order valence-electron chi connectivity index (χ4n) is 2.83. The van der Waals surface area contributed by atoms with Crippen LogP contribution in [0.25, 0.3) is 0 Å². The normalized spacial score (nSPS) is 19.1. The van der Waals surface area contributed by atoms with E-state index >= 15 is 0 Å². The average molecular weight is 252 g/mol. The fraction of sp³-hybridized carbons (Fsp3) is 0.846. The van der Waals surface area contributed by atoms with E-state index in [0.29, 0.717) is 12.6 Å². The lowest BCUT2D eigenvalue weighted by Crippen LogP contribution is -2.27. The Morgan fingerprint density at radius 2 is 2.06 bits per heavy atom. The smallest absolute Gasteiger partial charge is 0.135 e. The molecular formula is C13H24N4O. The highest BCUT2D eigenvalue weighted by atomic mass is 16.5. The van der Waals surface area contributed by atoms with Crippen LogP contribution in [-0.2, 0) is 11.2 Å². The predicted molar refractivity (Wildman–Crippen MR) is 70.4 cm³/mol. The summed E-state index contributed by atoms with van der Waals surface area (Å²) in [6.45, 7) is 2.56. The first-order chi connectivity index (χ1) is 8.76. The number of aromatic nitrogens is 3. The first-order valence-electron chi connectivity index (χ1n) is 6.89. The molecule has 1 saturated carbocycles. The van der Waals surface area contributed by atoms with Crippen LogP contribution in [0.15, 0.2) is 0 Å². The molecule has 2 N–H and O–H groups in total. The molecule has 1 atom stereocenters. The van der Waals surface area contributed by atoms with Crippen molar-refractivity contribution in [3.8, 4) is 0 Å². The minimum Gasteiger partial charge on any atom is -0.380 e. The molecule has 1 aliphatic carbocycles. The van der Waals surface area contributed by atoms with E-state index in [1.54, 1.807) is 7.11 Å². The van der Waals surface area contributed by atoms with Gasteiger partial charge in [0.25, 0.3) is 0 Å². The quantitative estimate of drug-likeness (QED) is 0.864. The molecule has 1 unspecified atom stereocenters. The number of ether oxygens (including phenoxy) is 1. The lowest BCUT2D eigenvalue weighted by Gasteiger charge is -2.26. The summed E-state index contributed by atoms with van der Waals surface area (Å²) in [5.74, 6) is 2.04. The van der Waals surface area contributed by atoms with Crippen molar-refractivity contribution in [2.45, 2.75) is 57.6 Å². The molecule has 1 aromatic rings. The molecule has 5 nitrogen and oxygen atoms in total. The zero-order valence-electron chi connectivity index (χ0n) is 11.4. The van der Waals surface area contributed by atoms with Crippen LogP contribution in [0.4, 0.5) is 0 Å².